The van der Waals surface area contributed by atoms with Crippen molar-refractivity contribution in [3.63, 3.8) is 0 Å². The first-order chi connectivity index (χ1) is 5.22. The monoisotopic (exact) mass is 177 g/mol. The highest BCUT2D eigenvalue weighted by atomic mass is 28.3. The third kappa shape index (κ3) is 17.7. The van der Waals surface area contributed by atoms with E-state index >= 15 is 0 Å². The first-order valence-electron chi connectivity index (χ1n) is 4.03. The summed E-state index contributed by atoms with van der Waals surface area (Å²) in [6.07, 6.45) is 1.75. The maximum Gasteiger partial charge on any atom is 1.00 e. The summed E-state index contributed by atoms with van der Waals surface area (Å²) in [5.41, 5.74) is 0. The summed E-state index contributed by atoms with van der Waals surface area (Å²) in [5, 5.41) is 0. The van der Waals surface area contributed by atoms with Crippen molar-refractivity contribution in [2.75, 3.05) is 13.2 Å². The molecule has 2 nitrogen and oxygen atoms in total. The summed E-state index contributed by atoms with van der Waals surface area (Å²) in [6.45, 7) is 12.8. The van der Waals surface area contributed by atoms with Crippen LogP contribution in [0.1, 0.15) is 22.2 Å². The molecule has 0 spiro atoms. The van der Waals surface area contributed by atoms with Crippen molar-refractivity contribution in [2.45, 2.75) is 27.3 Å². The predicted molar refractivity (Wildman–Crippen MR) is 53.2 cm³/mol. The van der Waals surface area contributed by atoms with Crippen LogP contribution in [0.5, 0.6) is 0 Å². The maximum atomic E-state index is 5.20. The van der Waals surface area contributed by atoms with Crippen molar-refractivity contribution < 1.29 is 10.3 Å². The van der Waals surface area contributed by atoms with E-state index in [-0.39, 0.29) is 1.43 Å². The molecular formula is C8H21O2Si+. The lowest BCUT2D eigenvalue weighted by Crippen LogP contribution is -2.17. The third-order valence-electron chi connectivity index (χ3n) is 0.803. The van der Waals surface area contributed by atoms with Crippen LogP contribution in [0.2, 0.25) is 6.55 Å². The highest BCUT2D eigenvalue weighted by Gasteiger charge is 1.99. The first-order valence-corrected chi connectivity index (χ1v) is 6.12. The molecule has 0 heterocycles. The normalized spacial score (nSPS) is 8.82. The van der Waals surface area contributed by atoms with E-state index in [1.54, 1.807) is 6.08 Å². The summed E-state index contributed by atoms with van der Waals surface area (Å²) in [6, 6.07) is 0. The van der Waals surface area contributed by atoms with Gasteiger partial charge >= 0.3 is 10.7 Å². The molecule has 0 saturated heterocycles. The summed E-state index contributed by atoms with van der Waals surface area (Å²) in [4.78, 5) is 0. The van der Waals surface area contributed by atoms with Crippen molar-refractivity contribution in [1.29, 1.82) is 0 Å². The van der Waals surface area contributed by atoms with Crippen LogP contribution in [0.15, 0.2) is 12.7 Å². The largest absolute Gasteiger partial charge is 1.00 e. The SMILES string of the molecule is C=CC.CCO[SiH](C)OCC.[H+]. The maximum absolute atomic E-state index is 5.20. The van der Waals surface area contributed by atoms with Crippen LogP contribution < -0.4 is 0 Å². The lowest BCUT2D eigenvalue weighted by Gasteiger charge is -2.07. The molecule has 0 aliphatic carbocycles. The molecule has 0 saturated carbocycles. The van der Waals surface area contributed by atoms with Crippen molar-refractivity contribution >= 4 is 9.28 Å². The van der Waals surface area contributed by atoms with Gasteiger partial charge in [0.2, 0.25) is 0 Å². The van der Waals surface area contributed by atoms with Crippen molar-refractivity contribution in [2.24, 2.45) is 0 Å². The predicted octanol–water partition coefficient (Wildman–Crippen LogP) is 2.21. The second kappa shape index (κ2) is 12.5. The molecule has 0 bridgehead atoms. The van der Waals surface area contributed by atoms with Gasteiger partial charge in [-0.15, -0.1) is 6.58 Å². The van der Waals surface area contributed by atoms with E-state index in [4.69, 9.17) is 8.85 Å². The van der Waals surface area contributed by atoms with E-state index in [2.05, 4.69) is 6.58 Å². The molecule has 0 N–H and O–H groups in total. The lowest BCUT2D eigenvalue weighted by atomic mass is 10.8. The second-order valence-corrected chi connectivity index (χ2v) is 3.69. The molecular weight excluding hydrogens is 156 g/mol. The highest BCUT2D eigenvalue weighted by molar-refractivity contribution is 6.42. The van der Waals surface area contributed by atoms with Crippen molar-refractivity contribution in [1.82, 2.24) is 0 Å². The number of hydrogen-bond donors (Lipinski definition) is 0. The van der Waals surface area contributed by atoms with Crippen LogP contribution in [0, 0.1) is 0 Å². The fourth-order valence-corrected chi connectivity index (χ4v) is 1.55. The van der Waals surface area contributed by atoms with Gasteiger partial charge in [0.25, 0.3) is 0 Å². The van der Waals surface area contributed by atoms with Crippen LogP contribution in [-0.2, 0) is 8.85 Å². The Balaban J connectivity index is -0.000000177. The fraction of sp³-hybridized carbons (Fsp3) is 0.750. The van der Waals surface area contributed by atoms with Crippen molar-refractivity contribution in [3.8, 4) is 0 Å². The number of allylic oxidation sites excluding steroid dienone is 1. The highest BCUT2D eigenvalue weighted by Crippen LogP contribution is 1.85. The van der Waals surface area contributed by atoms with Gasteiger partial charge in [-0.2, -0.15) is 0 Å². The fourth-order valence-electron chi connectivity index (χ4n) is 0.518. The Labute approximate surface area is 73.5 Å². The Kier molecular flexibility index (Phi) is 15.4. The molecule has 0 atom stereocenters. The molecule has 0 fully saturated rings. The molecule has 0 amide bonds. The molecule has 68 valence electrons. The van der Waals surface area contributed by atoms with E-state index in [0.29, 0.717) is 0 Å². The van der Waals surface area contributed by atoms with Gasteiger partial charge in [-0.05, 0) is 27.3 Å². The van der Waals surface area contributed by atoms with Gasteiger partial charge in [-0.1, -0.05) is 6.08 Å². The average molecular weight is 177 g/mol. The summed E-state index contributed by atoms with van der Waals surface area (Å²) in [7, 11) is -1.20. The Hall–Kier alpha value is -0.123. The van der Waals surface area contributed by atoms with Gasteiger partial charge in [0.05, 0.1) is 0 Å². The van der Waals surface area contributed by atoms with Crippen molar-refractivity contribution in [3.05, 3.63) is 12.7 Å². The van der Waals surface area contributed by atoms with Gasteiger partial charge < -0.3 is 8.85 Å². The Morgan fingerprint density at radius 2 is 1.64 bits per heavy atom. The molecule has 0 aromatic carbocycles. The van der Waals surface area contributed by atoms with Crippen LogP contribution >= 0.6 is 0 Å². The third-order valence-corrected chi connectivity index (χ3v) is 2.41. The Morgan fingerprint density at radius 1 is 1.36 bits per heavy atom. The zero-order chi connectivity index (χ0) is 9.11. The molecule has 0 radical (unpaired) electrons. The minimum Gasteiger partial charge on any atom is -0.397 e. The zero-order valence-electron chi connectivity index (χ0n) is 9.09. The Morgan fingerprint density at radius 3 is 1.82 bits per heavy atom. The van der Waals surface area contributed by atoms with Gasteiger partial charge in [0.1, 0.15) is 0 Å². The summed E-state index contributed by atoms with van der Waals surface area (Å²) >= 11 is 0. The molecule has 0 rings (SSSR count). The summed E-state index contributed by atoms with van der Waals surface area (Å²) < 4.78 is 10.4. The number of hydrogen-bond acceptors (Lipinski definition) is 2. The average Bonchev–Trinajstić information content (AvgIpc) is 1.90. The smallest absolute Gasteiger partial charge is 0.397 e. The molecule has 3 heteroatoms. The molecule has 0 aromatic heterocycles. The molecule has 0 aliphatic heterocycles. The van der Waals surface area contributed by atoms with Gasteiger partial charge in [-0.3, -0.25) is 0 Å². The van der Waals surface area contributed by atoms with Gasteiger partial charge in [0.15, 0.2) is 0 Å². The molecule has 0 unspecified atom stereocenters. The minimum atomic E-state index is -1.20. The minimum absolute atomic E-state index is 0. The number of rotatable bonds is 4. The van der Waals surface area contributed by atoms with E-state index in [1.807, 2.05) is 27.3 Å². The quantitative estimate of drug-likeness (QED) is 0.484. The van der Waals surface area contributed by atoms with Gasteiger partial charge in [0, 0.05) is 13.2 Å². The molecule has 0 aromatic rings. The van der Waals surface area contributed by atoms with E-state index < -0.39 is 9.28 Å². The second-order valence-electron chi connectivity index (χ2n) is 1.89. The first kappa shape index (κ1) is 13.5. The van der Waals surface area contributed by atoms with Crippen LogP contribution in [0.4, 0.5) is 0 Å². The standard InChI is InChI=1S/C5H14O2Si.C3H6/c1-4-6-8(3)7-5-2;1-3-2/h8H,4-5H2,1-3H3;3H,1H2,2H3/p+1. The lowest BCUT2D eigenvalue weighted by molar-refractivity contribution is 0.219. The molecule has 11 heavy (non-hydrogen) atoms. The van der Waals surface area contributed by atoms with Gasteiger partial charge in [-0.25, -0.2) is 0 Å². The van der Waals surface area contributed by atoms with E-state index in [9.17, 15) is 0 Å². The Bertz CT molecular complexity index is 75.5. The van der Waals surface area contributed by atoms with E-state index in [0.717, 1.165) is 13.2 Å². The van der Waals surface area contributed by atoms with Crippen LogP contribution in [-0.4, -0.2) is 22.5 Å². The van der Waals surface area contributed by atoms with E-state index in [1.165, 1.54) is 0 Å². The molecule has 0 aliphatic rings. The zero-order valence-corrected chi connectivity index (χ0v) is 9.25. The van der Waals surface area contributed by atoms with Crippen LogP contribution in [0.3, 0.4) is 0 Å². The summed E-state index contributed by atoms with van der Waals surface area (Å²) in [5.74, 6) is 0. The topological polar surface area (TPSA) is 18.5 Å². The van der Waals surface area contributed by atoms with Crippen LogP contribution in [0.25, 0.3) is 0 Å².